The van der Waals surface area contributed by atoms with Crippen molar-refractivity contribution in [1.29, 1.82) is 0 Å². The topological polar surface area (TPSA) is 89.6 Å². The van der Waals surface area contributed by atoms with Crippen molar-refractivity contribution in [2.75, 3.05) is 11.1 Å². The molecular formula is C25H23FN4O2S. The lowest BCUT2D eigenvalue weighted by Gasteiger charge is -2.30. The highest BCUT2D eigenvalue weighted by Crippen LogP contribution is 2.37. The van der Waals surface area contributed by atoms with Crippen molar-refractivity contribution in [1.82, 2.24) is 4.98 Å². The molecule has 33 heavy (non-hydrogen) atoms. The number of carbonyl (C=O) groups excluding carboxylic acids is 1. The van der Waals surface area contributed by atoms with Gasteiger partial charge in [-0.2, -0.15) is 0 Å². The number of pyridine rings is 1. The average Bonchev–Trinajstić information content (AvgIpc) is 2.80. The second-order valence-electron chi connectivity index (χ2n) is 7.68. The highest BCUT2D eigenvalue weighted by Gasteiger charge is 2.32. The number of benzene rings is 2. The highest BCUT2D eigenvalue weighted by atomic mass is 32.2. The van der Waals surface area contributed by atoms with E-state index in [4.69, 9.17) is 10.5 Å². The summed E-state index contributed by atoms with van der Waals surface area (Å²) in [7, 11) is 0. The Labute approximate surface area is 195 Å². The van der Waals surface area contributed by atoms with E-state index in [0.29, 0.717) is 34.5 Å². The summed E-state index contributed by atoms with van der Waals surface area (Å²) in [5, 5.41) is 3.21. The van der Waals surface area contributed by atoms with Gasteiger partial charge in [-0.15, -0.1) is 0 Å². The molecule has 0 spiro atoms. The molecule has 6 nitrogen and oxygen atoms in total. The summed E-state index contributed by atoms with van der Waals surface area (Å²) < 4.78 is 20.2. The van der Waals surface area contributed by atoms with Crippen molar-refractivity contribution >= 4 is 34.6 Å². The first-order valence-electron chi connectivity index (χ1n) is 10.4. The quantitative estimate of drug-likeness (QED) is 0.483. The van der Waals surface area contributed by atoms with Gasteiger partial charge in [-0.05, 0) is 61.4 Å². The van der Waals surface area contributed by atoms with Crippen molar-refractivity contribution < 1.29 is 13.9 Å². The van der Waals surface area contributed by atoms with Gasteiger partial charge in [0.05, 0.1) is 5.54 Å². The average molecular weight is 463 g/mol. The Morgan fingerprint density at radius 1 is 1.21 bits per heavy atom. The fourth-order valence-corrected chi connectivity index (χ4v) is 4.39. The molecule has 1 amide bonds. The summed E-state index contributed by atoms with van der Waals surface area (Å²) in [5.41, 5.74) is 6.73. The molecule has 1 aliphatic heterocycles. The molecule has 0 saturated carbocycles. The molecule has 1 aliphatic rings. The van der Waals surface area contributed by atoms with E-state index in [-0.39, 0.29) is 11.7 Å². The Hall–Kier alpha value is -3.65. The number of para-hydroxylation sites is 1. The number of amidine groups is 1. The standard InChI is InChI=1S/C25H23FN4O2S/c1-25(13-14-33-24(27)30-25)20-15-18(9-10-21(20)26)29-22(31)11-7-17-8-12-23(28-16-17)32-19-5-3-2-4-6-19/h2-12,15-16H,13-14H2,1H3,(H2,27,30)(H,29,31)/b11-7+. The SMILES string of the molecule is CC1(c2cc(NC(=O)/C=C/c3ccc(Oc4ccccc4)nc3)ccc2F)CCSC(N)=N1. The van der Waals surface area contributed by atoms with Crippen LogP contribution in [0.25, 0.3) is 6.08 Å². The highest BCUT2D eigenvalue weighted by molar-refractivity contribution is 8.13. The van der Waals surface area contributed by atoms with Gasteiger partial charge in [-0.1, -0.05) is 30.0 Å². The predicted octanol–water partition coefficient (Wildman–Crippen LogP) is 5.33. The Kier molecular flexibility index (Phi) is 6.74. The third-order valence-corrected chi connectivity index (χ3v) is 5.96. The van der Waals surface area contributed by atoms with Gasteiger partial charge >= 0.3 is 0 Å². The second kappa shape index (κ2) is 9.87. The van der Waals surface area contributed by atoms with Crippen LogP contribution in [-0.2, 0) is 10.3 Å². The first kappa shape index (κ1) is 22.5. The molecule has 1 aromatic heterocycles. The third-order valence-electron chi connectivity index (χ3n) is 5.16. The summed E-state index contributed by atoms with van der Waals surface area (Å²) in [6.07, 6.45) is 5.31. The van der Waals surface area contributed by atoms with E-state index in [1.807, 2.05) is 37.3 Å². The van der Waals surface area contributed by atoms with Crippen LogP contribution in [0.5, 0.6) is 11.6 Å². The number of nitrogens with zero attached hydrogens (tertiary/aromatic N) is 2. The van der Waals surface area contributed by atoms with Crippen molar-refractivity contribution in [3.63, 3.8) is 0 Å². The smallest absolute Gasteiger partial charge is 0.248 e. The number of nitrogens with one attached hydrogen (secondary N) is 1. The van der Waals surface area contributed by atoms with Gasteiger partial charge in [0.25, 0.3) is 0 Å². The number of nitrogens with two attached hydrogens (primary N) is 1. The summed E-state index contributed by atoms with van der Waals surface area (Å²) >= 11 is 1.45. The Bertz CT molecular complexity index is 1200. The van der Waals surface area contributed by atoms with Gasteiger partial charge in [0.1, 0.15) is 11.6 Å². The number of halogens is 1. The van der Waals surface area contributed by atoms with Gasteiger partial charge in [0.2, 0.25) is 11.8 Å². The fraction of sp³-hybridized carbons (Fsp3) is 0.160. The van der Waals surface area contributed by atoms with E-state index < -0.39 is 5.54 Å². The largest absolute Gasteiger partial charge is 0.439 e. The minimum absolute atomic E-state index is 0.343. The number of hydrogen-bond donors (Lipinski definition) is 2. The summed E-state index contributed by atoms with van der Waals surface area (Å²) in [5.74, 6) is 1.19. The summed E-state index contributed by atoms with van der Waals surface area (Å²) in [4.78, 5) is 21.1. The van der Waals surface area contributed by atoms with Crippen LogP contribution in [0.3, 0.4) is 0 Å². The number of hydrogen-bond acceptors (Lipinski definition) is 6. The Morgan fingerprint density at radius 3 is 2.76 bits per heavy atom. The number of anilines is 1. The lowest BCUT2D eigenvalue weighted by atomic mass is 9.89. The van der Waals surface area contributed by atoms with Crippen molar-refractivity contribution in [2.45, 2.75) is 18.9 Å². The zero-order valence-electron chi connectivity index (χ0n) is 18.0. The van der Waals surface area contributed by atoms with Crippen LogP contribution < -0.4 is 15.8 Å². The van der Waals surface area contributed by atoms with Crippen molar-refractivity contribution in [3.8, 4) is 11.6 Å². The van der Waals surface area contributed by atoms with Crippen LogP contribution in [0, 0.1) is 5.82 Å². The van der Waals surface area contributed by atoms with Crippen LogP contribution in [0.2, 0.25) is 0 Å². The lowest BCUT2D eigenvalue weighted by molar-refractivity contribution is -0.111. The van der Waals surface area contributed by atoms with E-state index in [0.717, 1.165) is 11.3 Å². The molecule has 0 saturated heterocycles. The maximum atomic E-state index is 14.5. The Balaban J connectivity index is 1.41. The van der Waals surface area contributed by atoms with Gasteiger partial charge in [0.15, 0.2) is 5.17 Å². The summed E-state index contributed by atoms with van der Waals surface area (Å²) in [6, 6.07) is 17.4. The number of thioether (sulfide) groups is 1. The third kappa shape index (κ3) is 5.78. The van der Waals surface area contributed by atoms with Crippen LogP contribution in [0.15, 0.2) is 77.9 Å². The zero-order valence-corrected chi connectivity index (χ0v) is 18.8. The van der Waals surface area contributed by atoms with Crippen LogP contribution in [-0.4, -0.2) is 21.8 Å². The molecule has 1 unspecified atom stereocenters. The molecular weight excluding hydrogens is 439 g/mol. The number of rotatable bonds is 6. The minimum atomic E-state index is -0.759. The van der Waals surface area contributed by atoms with Crippen LogP contribution in [0.4, 0.5) is 10.1 Å². The first-order chi connectivity index (χ1) is 15.9. The lowest BCUT2D eigenvalue weighted by Crippen LogP contribution is -2.29. The molecule has 0 radical (unpaired) electrons. The first-order valence-corrected chi connectivity index (χ1v) is 11.4. The van der Waals surface area contributed by atoms with Crippen molar-refractivity contribution in [2.24, 2.45) is 10.7 Å². The summed E-state index contributed by atoms with van der Waals surface area (Å²) in [6.45, 7) is 1.85. The Morgan fingerprint density at radius 2 is 2.03 bits per heavy atom. The molecule has 3 aromatic rings. The normalized spacial score (nSPS) is 18.1. The fourth-order valence-electron chi connectivity index (χ4n) is 3.41. The maximum absolute atomic E-state index is 14.5. The van der Waals surface area contributed by atoms with Crippen LogP contribution >= 0.6 is 11.8 Å². The molecule has 2 aromatic carbocycles. The molecule has 168 valence electrons. The molecule has 1 atom stereocenters. The van der Waals surface area contributed by atoms with E-state index in [1.54, 1.807) is 30.5 Å². The molecule has 0 bridgehead atoms. The van der Waals surface area contributed by atoms with E-state index in [2.05, 4.69) is 15.3 Å². The number of amides is 1. The number of ether oxygens (including phenoxy) is 1. The van der Waals surface area contributed by atoms with Gasteiger partial charge < -0.3 is 15.8 Å². The van der Waals surface area contributed by atoms with E-state index >= 15 is 0 Å². The van der Waals surface area contributed by atoms with Gasteiger partial charge in [-0.25, -0.2) is 9.37 Å². The van der Waals surface area contributed by atoms with Gasteiger partial charge in [0, 0.05) is 35.3 Å². The number of carbonyl (C=O) groups is 1. The minimum Gasteiger partial charge on any atom is -0.439 e. The van der Waals surface area contributed by atoms with Gasteiger partial charge in [-0.3, -0.25) is 9.79 Å². The van der Waals surface area contributed by atoms with Crippen molar-refractivity contribution in [3.05, 3.63) is 89.9 Å². The van der Waals surface area contributed by atoms with E-state index in [1.165, 1.54) is 30.0 Å². The molecule has 3 N–H and O–H groups in total. The second-order valence-corrected chi connectivity index (χ2v) is 8.80. The monoisotopic (exact) mass is 462 g/mol. The number of aromatic nitrogens is 1. The maximum Gasteiger partial charge on any atom is 0.248 e. The predicted molar refractivity (Wildman–Crippen MR) is 131 cm³/mol. The zero-order chi connectivity index (χ0) is 23.3. The molecule has 8 heteroatoms. The number of aliphatic imine (C=N–C) groups is 1. The molecule has 0 fully saturated rings. The molecule has 4 rings (SSSR count). The molecule has 2 heterocycles. The van der Waals surface area contributed by atoms with Crippen LogP contribution in [0.1, 0.15) is 24.5 Å². The molecule has 0 aliphatic carbocycles. The van der Waals surface area contributed by atoms with E-state index in [9.17, 15) is 9.18 Å².